The second-order valence-corrected chi connectivity index (χ2v) is 5.44. The fraction of sp³-hybridized carbons (Fsp3) is 0.533. The van der Waals surface area contributed by atoms with Crippen molar-refractivity contribution in [3.63, 3.8) is 0 Å². The van der Waals surface area contributed by atoms with Gasteiger partial charge in [0.1, 0.15) is 5.82 Å². The maximum Gasteiger partial charge on any atom is 0.240 e. The Morgan fingerprint density at radius 1 is 1.40 bits per heavy atom. The standard InChI is InChI=1S/C15H21FN2O.ClH/c1-11-10-13(16)5-4-12(11)6-9-18-14(19)15(17)7-2-3-8-15;/h4-5,10H,2-3,6-9,17H2,1H3,(H,18,19);1H. The maximum absolute atomic E-state index is 13.0. The molecule has 1 aliphatic rings. The third-order valence-electron chi connectivity index (χ3n) is 3.93. The van der Waals surface area contributed by atoms with E-state index in [9.17, 15) is 9.18 Å². The smallest absolute Gasteiger partial charge is 0.240 e. The van der Waals surface area contributed by atoms with Crippen LogP contribution >= 0.6 is 12.4 Å². The summed E-state index contributed by atoms with van der Waals surface area (Å²) in [5.74, 6) is -0.276. The van der Waals surface area contributed by atoms with Crippen molar-refractivity contribution in [1.82, 2.24) is 5.32 Å². The Balaban J connectivity index is 0.00000200. The van der Waals surface area contributed by atoms with Crippen molar-refractivity contribution in [3.05, 3.63) is 35.1 Å². The molecule has 0 aromatic heterocycles. The highest BCUT2D eigenvalue weighted by atomic mass is 35.5. The van der Waals surface area contributed by atoms with E-state index in [0.29, 0.717) is 13.0 Å². The van der Waals surface area contributed by atoms with Gasteiger partial charge in [-0.15, -0.1) is 12.4 Å². The van der Waals surface area contributed by atoms with E-state index < -0.39 is 5.54 Å². The molecule has 2 rings (SSSR count). The van der Waals surface area contributed by atoms with Crippen molar-refractivity contribution in [2.24, 2.45) is 5.73 Å². The van der Waals surface area contributed by atoms with Crippen LogP contribution in [-0.4, -0.2) is 18.0 Å². The minimum atomic E-state index is -0.669. The number of rotatable bonds is 4. The van der Waals surface area contributed by atoms with Gasteiger partial charge in [0.2, 0.25) is 5.91 Å². The molecule has 3 nitrogen and oxygen atoms in total. The van der Waals surface area contributed by atoms with Crippen LogP contribution in [0.3, 0.4) is 0 Å². The fourth-order valence-corrected chi connectivity index (χ4v) is 2.66. The summed E-state index contributed by atoms with van der Waals surface area (Å²) in [6.45, 7) is 2.42. The number of carbonyl (C=O) groups is 1. The average Bonchev–Trinajstić information content (AvgIpc) is 2.80. The number of amides is 1. The maximum atomic E-state index is 13.0. The first-order valence-electron chi connectivity index (χ1n) is 6.83. The number of hydrogen-bond acceptors (Lipinski definition) is 2. The summed E-state index contributed by atoms with van der Waals surface area (Å²) < 4.78 is 13.0. The molecule has 0 saturated heterocycles. The van der Waals surface area contributed by atoms with Gasteiger partial charge >= 0.3 is 0 Å². The van der Waals surface area contributed by atoms with Gasteiger partial charge in [-0.1, -0.05) is 18.9 Å². The number of benzene rings is 1. The van der Waals surface area contributed by atoms with Crippen molar-refractivity contribution in [3.8, 4) is 0 Å². The summed E-state index contributed by atoms with van der Waals surface area (Å²) >= 11 is 0. The van der Waals surface area contributed by atoms with Gasteiger partial charge < -0.3 is 11.1 Å². The van der Waals surface area contributed by atoms with Gasteiger partial charge in [0.25, 0.3) is 0 Å². The summed E-state index contributed by atoms with van der Waals surface area (Å²) in [5.41, 5.74) is 7.37. The lowest BCUT2D eigenvalue weighted by molar-refractivity contribution is -0.126. The quantitative estimate of drug-likeness (QED) is 0.897. The summed E-state index contributed by atoms with van der Waals surface area (Å²) in [6, 6.07) is 4.73. The lowest BCUT2D eigenvalue weighted by atomic mass is 9.98. The minimum Gasteiger partial charge on any atom is -0.354 e. The van der Waals surface area contributed by atoms with Crippen molar-refractivity contribution in [2.75, 3.05) is 6.54 Å². The first-order chi connectivity index (χ1) is 9.01. The Hall–Kier alpha value is -1.13. The van der Waals surface area contributed by atoms with Crippen LogP contribution in [0.1, 0.15) is 36.8 Å². The summed E-state index contributed by atoms with van der Waals surface area (Å²) in [7, 11) is 0. The molecule has 1 amide bonds. The molecule has 1 aromatic carbocycles. The molecular weight excluding hydrogens is 279 g/mol. The van der Waals surface area contributed by atoms with Crippen molar-refractivity contribution >= 4 is 18.3 Å². The van der Waals surface area contributed by atoms with Gasteiger partial charge in [0.15, 0.2) is 0 Å². The second-order valence-electron chi connectivity index (χ2n) is 5.44. The summed E-state index contributed by atoms with van der Waals surface area (Å²) in [6.07, 6.45) is 4.30. The Labute approximate surface area is 125 Å². The molecule has 112 valence electrons. The SMILES string of the molecule is Cc1cc(F)ccc1CCNC(=O)C1(N)CCCC1.Cl. The zero-order valence-corrected chi connectivity index (χ0v) is 12.6. The van der Waals surface area contributed by atoms with Crippen molar-refractivity contribution in [2.45, 2.75) is 44.6 Å². The Morgan fingerprint density at radius 2 is 2.05 bits per heavy atom. The summed E-state index contributed by atoms with van der Waals surface area (Å²) in [4.78, 5) is 12.0. The molecule has 5 heteroatoms. The molecule has 0 atom stereocenters. The van der Waals surface area contributed by atoms with E-state index in [1.54, 1.807) is 6.07 Å². The number of carbonyl (C=O) groups excluding carboxylic acids is 1. The number of hydrogen-bond donors (Lipinski definition) is 2. The first kappa shape index (κ1) is 16.9. The van der Waals surface area contributed by atoms with E-state index in [2.05, 4.69) is 5.32 Å². The Morgan fingerprint density at radius 3 is 2.65 bits per heavy atom. The molecule has 0 bridgehead atoms. The molecule has 20 heavy (non-hydrogen) atoms. The van der Waals surface area contributed by atoms with E-state index in [1.165, 1.54) is 12.1 Å². The minimum absolute atomic E-state index is 0. The third kappa shape index (κ3) is 3.93. The third-order valence-corrected chi connectivity index (χ3v) is 3.93. The number of halogens is 2. The number of nitrogens with one attached hydrogen (secondary N) is 1. The zero-order valence-electron chi connectivity index (χ0n) is 11.7. The molecule has 0 aliphatic heterocycles. The van der Waals surface area contributed by atoms with E-state index >= 15 is 0 Å². The van der Waals surface area contributed by atoms with Crippen LogP contribution in [0.2, 0.25) is 0 Å². The van der Waals surface area contributed by atoms with Crippen LogP contribution in [-0.2, 0) is 11.2 Å². The van der Waals surface area contributed by atoms with Crippen LogP contribution in [0.25, 0.3) is 0 Å². The van der Waals surface area contributed by atoms with E-state index in [4.69, 9.17) is 5.73 Å². The lowest BCUT2D eigenvalue weighted by Gasteiger charge is -2.22. The second kappa shape index (κ2) is 7.04. The lowest BCUT2D eigenvalue weighted by Crippen LogP contribution is -2.52. The largest absolute Gasteiger partial charge is 0.354 e. The van der Waals surface area contributed by atoms with Gasteiger partial charge in [-0.2, -0.15) is 0 Å². The molecule has 0 spiro atoms. The predicted molar refractivity (Wildman–Crippen MR) is 80.5 cm³/mol. The van der Waals surface area contributed by atoms with E-state index in [0.717, 1.165) is 36.8 Å². The highest BCUT2D eigenvalue weighted by Crippen LogP contribution is 2.27. The van der Waals surface area contributed by atoms with Crippen LogP contribution < -0.4 is 11.1 Å². The molecule has 0 heterocycles. The fourth-order valence-electron chi connectivity index (χ4n) is 2.66. The molecule has 3 N–H and O–H groups in total. The average molecular weight is 301 g/mol. The molecule has 0 radical (unpaired) electrons. The van der Waals surface area contributed by atoms with Gasteiger partial charge in [-0.25, -0.2) is 4.39 Å². The van der Waals surface area contributed by atoms with Gasteiger partial charge in [-0.3, -0.25) is 4.79 Å². The summed E-state index contributed by atoms with van der Waals surface area (Å²) in [5, 5.41) is 2.90. The molecule has 1 saturated carbocycles. The van der Waals surface area contributed by atoms with Gasteiger partial charge in [0, 0.05) is 6.54 Å². The molecule has 0 unspecified atom stereocenters. The number of aryl methyl sites for hydroxylation is 1. The predicted octanol–water partition coefficient (Wildman–Crippen LogP) is 2.49. The monoisotopic (exact) mass is 300 g/mol. The van der Waals surface area contributed by atoms with Crippen LogP contribution in [0.4, 0.5) is 4.39 Å². The molecule has 1 aliphatic carbocycles. The Kier molecular flexibility index (Phi) is 5.96. The van der Waals surface area contributed by atoms with E-state index in [-0.39, 0.29) is 24.1 Å². The van der Waals surface area contributed by atoms with Crippen LogP contribution in [0.5, 0.6) is 0 Å². The van der Waals surface area contributed by atoms with Crippen molar-refractivity contribution < 1.29 is 9.18 Å². The highest BCUT2D eigenvalue weighted by Gasteiger charge is 2.36. The molecule has 1 aromatic rings. The topological polar surface area (TPSA) is 55.1 Å². The molecular formula is C15H22ClFN2O. The number of nitrogens with two attached hydrogens (primary N) is 1. The molecule has 1 fully saturated rings. The van der Waals surface area contributed by atoms with Crippen molar-refractivity contribution in [1.29, 1.82) is 0 Å². The highest BCUT2D eigenvalue weighted by molar-refractivity contribution is 5.86. The first-order valence-corrected chi connectivity index (χ1v) is 6.83. The Bertz CT molecular complexity index is 473. The van der Waals surface area contributed by atoms with Crippen LogP contribution in [0, 0.1) is 12.7 Å². The van der Waals surface area contributed by atoms with Gasteiger partial charge in [-0.05, 0) is 49.4 Å². The normalized spacial score (nSPS) is 16.6. The van der Waals surface area contributed by atoms with Crippen LogP contribution in [0.15, 0.2) is 18.2 Å². The van der Waals surface area contributed by atoms with E-state index in [1.807, 2.05) is 6.92 Å². The van der Waals surface area contributed by atoms with Gasteiger partial charge in [0.05, 0.1) is 5.54 Å². The zero-order chi connectivity index (χ0) is 13.9.